The van der Waals surface area contributed by atoms with E-state index >= 15 is 0 Å². The lowest BCUT2D eigenvalue weighted by Gasteiger charge is -2.13. The van der Waals surface area contributed by atoms with E-state index in [1.807, 2.05) is 37.3 Å². The number of nitrogens with zero attached hydrogens (tertiary/aromatic N) is 1. The summed E-state index contributed by atoms with van der Waals surface area (Å²) in [5, 5.41) is 6.53. The highest BCUT2D eigenvalue weighted by molar-refractivity contribution is 5.95. The van der Waals surface area contributed by atoms with Gasteiger partial charge in [-0.05, 0) is 18.9 Å². The molecule has 94 valence electrons. The van der Waals surface area contributed by atoms with Crippen molar-refractivity contribution in [2.24, 2.45) is 0 Å². The molecule has 0 saturated heterocycles. The first-order chi connectivity index (χ1) is 8.70. The van der Waals surface area contributed by atoms with E-state index < -0.39 is 0 Å². The highest BCUT2D eigenvalue weighted by atomic mass is 16.5. The van der Waals surface area contributed by atoms with Crippen molar-refractivity contribution < 1.29 is 9.32 Å². The van der Waals surface area contributed by atoms with Gasteiger partial charge in [-0.15, -0.1) is 0 Å². The molecule has 1 amide bonds. The maximum atomic E-state index is 12.2. The van der Waals surface area contributed by atoms with E-state index in [2.05, 4.69) is 10.5 Å². The second-order valence-electron chi connectivity index (χ2n) is 4.18. The molecule has 2 rings (SSSR count). The first-order valence-electron chi connectivity index (χ1n) is 6.00. The van der Waals surface area contributed by atoms with Crippen molar-refractivity contribution in [3.05, 3.63) is 47.7 Å². The van der Waals surface area contributed by atoms with Crippen molar-refractivity contribution in [3.8, 4) is 0 Å². The van der Waals surface area contributed by atoms with Crippen molar-refractivity contribution in [2.75, 3.05) is 5.32 Å². The fraction of sp³-hybridized carbons (Fsp3) is 0.286. The Bertz CT molecular complexity index is 520. The molecule has 0 radical (unpaired) electrons. The molecule has 1 aromatic carbocycles. The summed E-state index contributed by atoms with van der Waals surface area (Å²) in [7, 11) is 0. The highest BCUT2D eigenvalue weighted by Crippen LogP contribution is 2.21. The molecule has 1 aromatic heterocycles. The third kappa shape index (κ3) is 2.77. The van der Waals surface area contributed by atoms with Crippen LogP contribution in [-0.2, 0) is 4.79 Å². The Balaban J connectivity index is 2.11. The Morgan fingerprint density at radius 2 is 2.11 bits per heavy atom. The lowest BCUT2D eigenvalue weighted by molar-refractivity contribution is -0.117. The van der Waals surface area contributed by atoms with Crippen LogP contribution in [0.1, 0.15) is 30.6 Å². The molecule has 0 spiro atoms. The topological polar surface area (TPSA) is 55.1 Å². The average Bonchev–Trinajstić information content (AvgIpc) is 2.77. The predicted octanol–water partition coefficient (Wildman–Crippen LogP) is 3.12. The van der Waals surface area contributed by atoms with Crippen LogP contribution in [0.2, 0.25) is 0 Å². The van der Waals surface area contributed by atoms with E-state index in [9.17, 15) is 4.79 Å². The number of carbonyl (C=O) groups excluding carboxylic acids is 1. The summed E-state index contributed by atoms with van der Waals surface area (Å²) in [6, 6.07) is 11.4. The minimum Gasteiger partial charge on any atom is -0.360 e. The fourth-order valence-corrected chi connectivity index (χ4v) is 1.90. The van der Waals surface area contributed by atoms with Crippen LogP contribution in [0.15, 0.2) is 40.9 Å². The van der Waals surface area contributed by atoms with Crippen LogP contribution in [0.25, 0.3) is 0 Å². The Kier molecular flexibility index (Phi) is 3.77. The van der Waals surface area contributed by atoms with Crippen LogP contribution < -0.4 is 5.32 Å². The van der Waals surface area contributed by atoms with Crippen LogP contribution in [-0.4, -0.2) is 11.1 Å². The summed E-state index contributed by atoms with van der Waals surface area (Å²) < 4.78 is 4.92. The van der Waals surface area contributed by atoms with Gasteiger partial charge in [0.2, 0.25) is 5.91 Å². The van der Waals surface area contributed by atoms with Gasteiger partial charge in [0.1, 0.15) is 5.76 Å². The van der Waals surface area contributed by atoms with Gasteiger partial charge in [0.25, 0.3) is 0 Å². The third-order valence-electron chi connectivity index (χ3n) is 2.81. The number of nitrogens with one attached hydrogen (secondary N) is 1. The largest absolute Gasteiger partial charge is 0.360 e. The van der Waals surface area contributed by atoms with E-state index in [0.717, 1.165) is 12.0 Å². The first-order valence-corrected chi connectivity index (χ1v) is 6.00. The smallest absolute Gasteiger partial charge is 0.233 e. The molecule has 1 N–H and O–H groups in total. The normalized spacial score (nSPS) is 12.1. The average molecular weight is 244 g/mol. The molecule has 1 heterocycles. The number of anilines is 1. The monoisotopic (exact) mass is 244 g/mol. The molecule has 0 aliphatic heterocycles. The van der Waals surface area contributed by atoms with E-state index in [1.54, 1.807) is 13.0 Å². The lowest BCUT2D eigenvalue weighted by Crippen LogP contribution is -2.20. The molecular weight excluding hydrogens is 228 g/mol. The summed E-state index contributed by atoms with van der Waals surface area (Å²) in [5.74, 6) is 0.921. The number of aryl methyl sites for hydroxylation is 1. The van der Waals surface area contributed by atoms with Gasteiger partial charge >= 0.3 is 0 Å². The van der Waals surface area contributed by atoms with Crippen molar-refractivity contribution in [1.82, 2.24) is 5.16 Å². The van der Waals surface area contributed by atoms with Crippen LogP contribution in [0.5, 0.6) is 0 Å². The summed E-state index contributed by atoms with van der Waals surface area (Å²) in [5.41, 5.74) is 1.01. The number of amides is 1. The minimum atomic E-state index is -0.164. The molecular formula is C14H16N2O2. The van der Waals surface area contributed by atoms with Crippen LogP contribution in [0, 0.1) is 6.92 Å². The predicted molar refractivity (Wildman–Crippen MR) is 69.3 cm³/mol. The zero-order valence-electron chi connectivity index (χ0n) is 10.5. The van der Waals surface area contributed by atoms with Crippen LogP contribution >= 0.6 is 0 Å². The van der Waals surface area contributed by atoms with Gasteiger partial charge < -0.3 is 9.84 Å². The van der Waals surface area contributed by atoms with Gasteiger partial charge in [0.15, 0.2) is 5.82 Å². The SMILES string of the molecule is CC[C@H](C(=O)Nc1cc(C)on1)c1ccccc1. The number of benzene rings is 1. The van der Waals surface area contributed by atoms with Gasteiger partial charge in [-0.1, -0.05) is 42.4 Å². The standard InChI is InChI=1S/C14H16N2O2/c1-3-12(11-7-5-4-6-8-11)14(17)15-13-9-10(2)18-16-13/h4-9,12H,3H2,1-2H3,(H,15,16,17)/t12-/m0/s1. The Morgan fingerprint density at radius 1 is 1.39 bits per heavy atom. The number of rotatable bonds is 4. The molecule has 1 atom stereocenters. The molecule has 4 heteroatoms. The van der Waals surface area contributed by atoms with Crippen molar-refractivity contribution in [3.63, 3.8) is 0 Å². The molecule has 0 aliphatic carbocycles. The highest BCUT2D eigenvalue weighted by Gasteiger charge is 2.19. The van der Waals surface area contributed by atoms with E-state index in [-0.39, 0.29) is 11.8 Å². The molecule has 0 bridgehead atoms. The zero-order chi connectivity index (χ0) is 13.0. The Morgan fingerprint density at radius 3 is 2.67 bits per heavy atom. The van der Waals surface area contributed by atoms with E-state index in [1.165, 1.54) is 0 Å². The summed E-state index contributed by atoms with van der Waals surface area (Å²) in [6.45, 7) is 3.78. The lowest BCUT2D eigenvalue weighted by atomic mass is 9.96. The van der Waals surface area contributed by atoms with Gasteiger partial charge in [-0.25, -0.2) is 0 Å². The van der Waals surface area contributed by atoms with Gasteiger partial charge in [-0.3, -0.25) is 4.79 Å². The zero-order valence-corrected chi connectivity index (χ0v) is 10.5. The van der Waals surface area contributed by atoms with Gasteiger partial charge in [0, 0.05) is 6.07 Å². The summed E-state index contributed by atoms with van der Waals surface area (Å²) in [6.07, 6.45) is 0.743. The van der Waals surface area contributed by atoms with E-state index in [4.69, 9.17) is 4.52 Å². The third-order valence-corrected chi connectivity index (χ3v) is 2.81. The van der Waals surface area contributed by atoms with Crippen molar-refractivity contribution in [2.45, 2.75) is 26.2 Å². The van der Waals surface area contributed by atoms with E-state index in [0.29, 0.717) is 11.6 Å². The number of hydrogen-bond donors (Lipinski definition) is 1. The second kappa shape index (κ2) is 5.49. The molecule has 0 aliphatic rings. The maximum Gasteiger partial charge on any atom is 0.233 e. The van der Waals surface area contributed by atoms with Gasteiger partial charge in [0.05, 0.1) is 5.92 Å². The first kappa shape index (κ1) is 12.4. The molecule has 0 saturated carbocycles. The van der Waals surface area contributed by atoms with Gasteiger partial charge in [-0.2, -0.15) is 0 Å². The second-order valence-corrected chi connectivity index (χ2v) is 4.18. The molecule has 0 fully saturated rings. The number of carbonyl (C=O) groups is 1. The summed E-state index contributed by atoms with van der Waals surface area (Å²) in [4.78, 5) is 12.2. The minimum absolute atomic E-state index is 0.0583. The summed E-state index contributed by atoms with van der Waals surface area (Å²) >= 11 is 0. The quantitative estimate of drug-likeness (QED) is 0.899. The Hall–Kier alpha value is -2.10. The maximum absolute atomic E-state index is 12.2. The molecule has 18 heavy (non-hydrogen) atoms. The molecule has 0 unspecified atom stereocenters. The van der Waals surface area contributed by atoms with Crippen molar-refractivity contribution in [1.29, 1.82) is 0 Å². The van der Waals surface area contributed by atoms with Crippen molar-refractivity contribution >= 4 is 11.7 Å². The van der Waals surface area contributed by atoms with Crippen LogP contribution in [0.3, 0.4) is 0 Å². The molecule has 4 nitrogen and oxygen atoms in total. The molecule has 2 aromatic rings. The number of aromatic nitrogens is 1. The van der Waals surface area contributed by atoms with Crippen LogP contribution in [0.4, 0.5) is 5.82 Å². The fourth-order valence-electron chi connectivity index (χ4n) is 1.90. The Labute approximate surface area is 106 Å². The number of hydrogen-bond acceptors (Lipinski definition) is 3.